The summed E-state index contributed by atoms with van der Waals surface area (Å²) in [4.78, 5) is 38.3. The Morgan fingerprint density at radius 3 is 0.744 bits per heavy atom. The van der Waals surface area contributed by atoms with Gasteiger partial charge in [-0.2, -0.15) is 0 Å². The predicted molar refractivity (Wildman–Crippen MR) is 357 cm³/mol. The predicted octanol–water partition coefficient (Wildman–Crippen LogP) is 24.4. The van der Waals surface area contributed by atoms with Gasteiger partial charge in [-0.25, -0.2) is 0 Å². The first-order valence-corrected chi connectivity index (χ1v) is 35.2. The molecule has 0 aromatic rings. The number of esters is 3. The van der Waals surface area contributed by atoms with Gasteiger partial charge in [0.1, 0.15) is 13.2 Å². The zero-order chi connectivity index (χ0) is 59.2. The van der Waals surface area contributed by atoms with Gasteiger partial charge in [0, 0.05) is 19.3 Å². The van der Waals surface area contributed by atoms with Crippen molar-refractivity contribution in [2.75, 3.05) is 13.2 Å². The molecule has 1 atom stereocenters. The fourth-order valence-corrected chi connectivity index (χ4v) is 10.1. The first kappa shape index (κ1) is 78.3. The summed E-state index contributed by atoms with van der Waals surface area (Å²) in [5.41, 5.74) is 0. The van der Waals surface area contributed by atoms with Crippen LogP contribution >= 0.6 is 0 Å². The van der Waals surface area contributed by atoms with E-state index in [1.807, 2.05) is 0 Å². The molecule has 0 aromatic carbocycles. The number of hydrogen-bond acceptors (Lipinski definition) is 6. The molecule has 0 fully saturated rings. The van der Waals surface area contributed by atoms with E-state index < -0.39 is 6.10 Å². The summed E-state index contributed by atoms with van der Waals surface area (Å²) in [5, 5.41) is 0. The smallest absolute Gasteiger partial charge is 0.306 e. The number of rotatable bonds is 64. The Balaban J connectivity index is 4.13. The maximum atomic E-state index is 12.9. The molecule has 0 saturated heterocycles. The maximum Gasteiger partial charge on any atom is 0.306 e. The van der Waals surface area contributed by atoms with E-state index in [0.29, 0.717) is 19.3 Å². The van der Waals surface area contributed by atoms with Crippen LogP contribution in [0.25, 0.3) is 0 Å². The van der Waals surface area contributed by atoms with Gasteiger partial charge in [0.15, 0.2) is 6.10 Å². The van der Waals surface area contributed by atoms with Crippen LogP contribution < -0.4 is 0 Å². The highest BCUT2D eigenvalue weighted by Gasteiger charge is 2.19. The number of unbranched alkanes of at least 4 members (excludes halogenated alkanes) is 37. The van der Waals surface area contributed by atoms with E-state index in [2.05, 4.69) is 118 Å². The first-order valence-electron chi connectivity index (χ1n) is 35.2. The molecule has 0 rings (SSSR count). The Morgan fingerprint density at radius 2 is 0.476 bits per heavy atom. The van der Waals surface area contributed by atoms with E-state index in [1.54, 1.807) is 0 Å². The average Bonchev–Trinajstić information content (AvgIpc) is 3.48. The van der Waals surface area contributed by atoms with Crippen LogP contribution in [-0.4, -0.2) is 37.2 Å². The zero-order valence-electron chi connectivity index (χ0n) is 54.2. The van der Waals surface area contributed by atoms with Crippen molar-refractivity contribution in [3.63, 3.8) is 0 Å². The molecule has 0 heterocycles. The molecule has 0 amide bonds. The van der Waals surface area contributed by atoms with Gasteiger partial charge in [-0.05, 0) is 103 Å². The Bertz CT molecular complexity index is 1590. The van der Waals surface area contributed by atoms with E-state index in [1.165, 1.54) is 199 Å². The van der Waals surface area contributed by atoms with Crippen molar-refractivity contribution in [1.82, 2.24) is 0 Å². The molecule has 0 N–H and O–H groups in total. The number of carbonyl (C=O) groups is 3. The minimum Gasteiger partial charge on any atom is -0.462 e. The summed E-state index contributed by atoms with van der Waals surface area (Å²) < 4.78 is 16.9. The van der Waals surface area contributed by atoms with Crippen molar-refractivity contribution in [3.8, 4) is 0 Å². The first-order chi connectivity index (χ1) is 40.5. The van der Waals surface area contributed by atoms with Gasteiger partial charge < -0.3 is 14.2 Å². The lowest BCUT2D eigenvalue weighted by atomic mass is 10.0. The van der Waals surface area contributed by atoms with Gasteiger partial charge in [0.2, 0.25) is 0 Å². The van der Waals surface area contributed by atoms with Crippen molar-refractivity contribution < 1.29 is 28.6 Å². The van der Waals surface area contributed by atoms with Crippen LogP contribution in [0.5, 0.6) is 0 Å². The molecule has 0 bridgehead atoms. The summed E-state index contributed by atoms with van der Waals surface area (Å²) in [7, 11) is 0. The molecular weight excluding hydrogens is 1010 g/mol. The lowest BCUT2D eigenvalue weighted by Crippen LogP contribution is -2.30. The van der Waals surface area contributed by atoms with E-state index in [4.69, 9.17) is 14.2 Å². The Kier molecular flexibility index (Phi) is 66.7. The molecule has 6 heteroatoms. The highest BCUT2D eigenvalue weighted by Crippen LogP contribution is 2.17. The third-order valence-corrected chi connectivity index (χ3v) is 15.3. The van der Waals surface area contributed by atoms with Crippen molar-refractivity contribution in [3.05, 3.63) is 97.2 Å². The fraction of sp³-hybridized carbons (Fsp3) is 0.750. The van der Waals surface area contributed by atoms with E-state index in [0.717, 1.165) is 109 Å². The van der Waals surface area contributed by atoms with E-state index in [-0.39, 0.29) is 31.1 Å². The van der Waals surface area contributed by atoms with Gasteiger partial charge in [-0.15, -0.1) is 0 Å². The molecule has 0 aromatic heterocycles. The third-order valence-electron chi connectivity index (χ3n) is 15.3. The molecule has 0 saturated carbocycles. The quantitative estimate of drug-likeness (QED) is 0.0261. The normalized spacial score (nSPS) is 12.7. The molecule has 472 valence electrons. The van der Waals surface area contributed by atoms with Crippen molar-refractivity contribution in [1.29, 1.82) is 0 Å². The van der Waals surface area contributed by atoms with Crippen LogP contribution in [0.2, 0.25) is 0 Å². The van der Waals surface area contributed by atoms with Crippen LogP contribution in [0.15, 0.2) is 97.2 Å². The molecule has 0 radical (unpaired) electrons. The Morgan fingerprint density at radius 1 is 0.256 bits per heavy atom. The summed E-state index contributed by atoms with van der Waals surface area (Å²) in [6.07, 6.45) is 94.5. The van der Waals surface area contributed by atoms with E-state index in [9.17, 15) is 14.4 Å². The van der Waals surface area contributed by atoms with Crippen LogP contribution in [-0.2, 0) is 28.6 Å². The highest BCUT2D eigenvalue weighted by molar-refractivity contribution is 5.71. The molecule has 0 aliphatic rings. The number of hydrogen-bond donors (Lipinski definition) is 0. The third kappa shape index (κ3) is 67.1. The topological polar surface area (TPSA) is 78.9 Å². The zero-order valence-corrected chi connectivity index (χ0v) is 54.2. The second kappa shape index (κ2) is 69.8. The molecule has 0 aliphatic carbocycles. The number of ether oxygens (including phenoxy) is 3. The van der Waals surface area contributed by atoms with Gasteiger partial charge >= 0.3 is 17.9 Å². The SMILES string of the molecule is CC/C=C\C/C=C\C/C=C\C/C=C\C/C=C\C/C=C\CCCCCCCCCCC(=O)OC(COC(=O)CCCCCCCCCC)COC(=O)CCCCCCCCCCCCCCCCCCC/C=C\C/C=C\CCCCCCC. The van der Waals surface area contributed by atoms with Crippen molar-refractivity contribution in [2.24, 2.45) is 0 Å². The molecular formula is C76H132O6. The summed E-state index contributed by atoms with van der Waals surface area (Å²) in [5.74, 6) is -0.876. The van der Waals surface area contributed by atoms with Gasteiger partial charge in [0.25, 0.3) is 0 Å². The maximum absolute atomic E-state index is 12.9. The molecule has 0 spiro atoms. The summed E-state index contributed by atoms with van der Waals surface area (Å²) >= 11 is 0. The highest BCUT2D eigenvalue weighted by atomic mass is 16.6. The lowest BCUT2D eigenvalue weighted by Gasteiger charge is -2.18. The molecule has 1 unspecified atom stereocenters. The fourth-order valence-electron chi connectivity index (χ4n) is 10.1. The Labute approximate surface area is 508 Å². The number of allylic oxidation sites excluding steroid dienone is 16. The van der Waals surface area contributed by atoms with E-state index >= 15 is 0 Å². The van der Waals surface area contributed by atoms with Crippen molar-refractivity contribution in [2.45, 2.75) is 354 Å². The average molecular weight is 1140 g/mol. The van der Waals surface area contributed by atoms with Gasteiger partial charge in [-0.1, -0.05) is 323 Å². The van der Waals surface area contributed by atoms with Gasteiger partial charge in [0.05, 0.1) is 0 Å². The minimum absolute atomic E-state index is 0.0774. The monoisotopic (exact) mass is 1140 g/mol. The minimum atomic E-state index is -0.780. The summed E-state index contributed by atoms with van der Waals surface area (Å²) in [6, 6.07) is 0. The summed E-state index contributed by atoms with van der Waals surface area (Å²) in [6.45, 7) is 6.52. The second-order valence-electron chi connectivity index (χ2n) is 23.4. The standard InChI is InChI=1S/C76H132O6/c1-4-7-10-13-16-19-21-23-25-27-29-31-33-35-37-38-40-41-43-45-47-49-51-53-55-57-60-63-66-69-75(78)81-72-73(71-80-74(77)68-65-62-59-18-15-12-9-6-3)82-76(79)70-67-64-61-58-56-54-52-50-48-46-44-42-39-36-34-32-30-28-26-24-22-20-17-14-11-8-5-2/h8,11,17,20-21,23-24,26-27,29-30,32,36,39,44,46,73H,4-7,9-10,12-16,18-19,22,25,28,31,33-35,37-38,40-43,45,47-72H2,1-3H3/b11-8-,20-17-,23-21-,26-24-,29-27-,32-30-,39-36-,46-44-. The van der Waals surface area contributed by atoms with Crippen molar-refractivity contribution >= 4 is 17.9 Å². The van der Waals surface area contributed by atoms with Crippen LogP contribution in [0, 0.1) is 0 Å². The molecule has 6 nitrogen and oxygen atoms in total. The van der Waals surface area contributed by atoms with Crippen LogP contribution in [0.4, 0.5) is 0 Å². The second-order valence-corrected chi connectivity index (χ2v) is 23.4. The lowest BCUT2D eigenvalue weighted by molar-refractivity contribution is -0.167. The largest absolute Gasteiger partial charge is 0.462 e. The Hall–Kier alpha value is -3.67. The number of carbonyl (C=O) groups excluding carboxylic acids is 3. The van der Waals surface area contributed by atoms with Crippen LogP contribution in [0.1, 0.15) is 348 Å². The molecule has 82 heavy (non-hydrogen) atoms. The molecule has 0 aliphatic heterocycles. The van der Waals surface area contributed by atoms with Crippen LogP contribution in [0.3, 0.4) is 0 Å². The van der Waals surface area contributed by atoms with Gasteiger partial charge in [-0.3, -0.25) is 14.4 Å².